The van der Waals surface area contributed by atoms with Crippen LogP contribution in [0.3, 0.4) is 0 Å². The van der Waals surface area contributed by atoms with Gasteiger partial charge in [0.15, 0.2) is 0 Å². The first-order chi connectivity index (χ1) is 10.1. The quantitative estimate of drug-likeness (QED) is 0.853. The molecule has 0 spiro atoms. The van der Waals surface area contributed by atoms with E-state index >= 15 is 0 Å². The lowest BCUT2D eigenvalue weighted by Gasteiger charge is -2.31. The summed E-state index contributed by atoms with van der Waals surface area (Å²) in [5, 5.41) is 2.83. The number of hydrogen-bond acceptors (Lipinski definition) is 4. The zero-order chi connectivity index (χ0) is 15.2. The number of nitrogens with two attached hydrogens (primary N) is 1. The van der Waals surface area contributed by atoms with Crippen molar-refractivity contribution in [2.24, 2.45) is 11.7 Å². The Morgan fingerprint density at radius 1 is 1.30 bits per heavy atom. The van der Waals surface area contributed by atoms with Crippen molar-refractivity contribution in [2.45, 2.75) is 26.2 Å². The Bertz CT molecular complexity index is 503. The smallest absolute Gasteiger partial charge is 0.228 e. The lowest BCUT2D eigenvalue weighted by Crippen LogP contribution is -2.42. The molecule has 1 aromatic rings. The van der Waals surface area contributed by atoms with Crippen LogP contribution in [0.2, 0.25) is 0 Å². The van der Waals surface area contributed by atoms with Gasteiger partial charge < -0.3 is 16.0 Å². The van der Waals surface area contributed by atoms with Gasteiger partial charge in [0.2, 0.25) is 11.8 Å². The third kappa shape index (κ3) is 6.33. The van der Waals surface area contributed by atoms with E-state index in [9.17, 15) is 9.59 Å². The Hall–Kier alpha value is -1.37. The zero-order valence-corrected chi connectivity index (χ0v) is 14.8. The second-order valence-electron chi connectivity index (χ2n) is 5.40. The molecule has 0 bridgehead atoms. The van der Waals surface area contributed by atoms with Crippen LogP contribution < -0.4 is 11.1 Å². The lowest BCUT2D eigenvalue weighted by atomic mass is 9.95. The van der Waals surface area contributed by atoms with Crippen molar-refractivity contribution in [2.75, 3.05) is 25.0 Å². The van der Waals surface area contributed by atoms with E-state index in [0.29, 0.717) is 44.7 Å². The first kappa shape index (κ1) is 21.6. The molecular weight excluding hydrogens is 339 g/mol. The first-order valence-electron chi connectivity index (χ1n) is 7.31. The van der Waals surface area contributed by atoms with Crippen LogP contribution in [0.1, 0.15) is 24.8 Å². The van der Waals surface area contributed by atoms with Gasteiger partial charge in [-0.3, -0.25) is 9.59 Å². The van der Waals surface area contributed by atoms with Crippen LogP contribution in [0, 0.1) is 12.8 Å². The molecule has 0 aromatic carbocycles. The number of hydrogen-bond donors (Lipinski definition) is 2. The van der Waals surface area contributed by atoms with Gasteiger partial charge in [-0.2, -0.15) is 0 Å². The predicted octanol–water partition coefficient (Wildman–Crippen LogP) is 1.76. The fraction of sp³-hybridized carbons (Fsp3) is 0.533. The molecule has 0 unspecified atom stereocenters. The van der Waals surface area contributed by atoms with E-state index in [-0.39, 0.29) is 42.5 Å². The fourth-order valence-corrected chi connectivity index (χ4v) is 2.44. The number of piperidine rings is 1. The van der Waals surface area contributed by atoms with E-state index in [2.05, 4.69) is 10.3 Å². The van der Waals surface area contributed by atoms with E-state index in [4.69, 9.17) is 5.73 Å². The molecule has 0 saturated carbocycles. The number of rotatable bonds is 4. The minimum Gasteiger partial charge on any atom is -0.343 e. The maximum Gasteiger partial charge on any atom is 0.228 e. The number of aromatic nitrogens is 1. The minimum atomic E-state index is -0.0602. The minimum absolute atomic E-state index is 0. The van der Waals surface area contributed by atoms with E-state index in [1.54, 1.807) is 17.2 Å². The Balaban J connectivity index is 0.00000242. The Morgan fingerprint density at radius 3 is 2.48 bits per heavy atom. The van der Waals surface area contributed by atoms with Crippen molar-refractivity contribution in [1.82, 2.24) is 9.88 Å². The number of carbonyl (C=O) groups excluding carboxylic acids is 2. The molecule has 2 amide bonds. The van der Waals surface area contributed by atoms with E-state index in [0.717, 1.165) is 5.56 Å². The number of pyridine rings is 1. The highest BCUT2D eigenvalue weighted by molar-refractivity contribution is 5.91. The summed E-state index contributed by atoms with van der Waals surface area (Å²) in [6.45, 7) is 3.57. The number of carbonyl (C=O) groups is 2. The van der Waals surface area contributed by atoms with Crippen LogP contribution in [0.4, 0.5) is 5.82 Å². The predicted molar refractivity (Wildman–Crippen MR) is 95.1 cm³/mol. The van der Waals surface area contributed by atoms with Crippen molar-refractivity contribution in [3.63, 3.8) is 0 Å². The summed E-state index contributed by atoms with van der Waals surface area (Å²) in [4.78, 5) is 29.9. The number of likely N-dealkylation sites (tertiary alicyclic amines) is 1. The van der Waals surface area contributed by atoms with E-state index in [1.807, 2.05) is 13.0 Å². The van der Waals surface area contributed by atoms with Gasteiger partial charge in [-0.25, -0.2) is 4.98 Å². The molecule has 1 aliphatic heterocycles. The van der Waals surface area contributed by atoms with Crippen molar-refractivity contribution >= 4 is 42.4 Å². The SMILES string of the molecule is Cc1ccc(NC(=O)C2CCN(C(=O)CCN)CC2)nc1.Cl.Cl. The molecular formula is C15H24Cl2N4O2. The molecule has 0 atom stereocenters. The monoisotopic (exact) mass is 362 g/mol. The summed E-state index contributed by atoms with van der Waals surface area (Å²) < 4.78 is 0. The number of anilines is 1. The van der Waals surface area contributed by atoms with Crippen molar-refractivity contribution in [3.8, 4) is 0 Å². The Kier molecular flexibility index (Phi) is 9.79. The maximum atomic E-state index is 12.2. The van der Waals surface area contributed by atoms with Crippen LogP contribution in [-0.4, -0.2) is 41.3 Å². The second-order valence-corrected chi connectivity index (χ2v) is 5.40. The summed E-state index contributed by atoms with van der Waals surface area (Å²) in [5.41, 5.74) is 6.44. The van der Waals surface area contributed by atoms with E-state index < -0.39 is 0 Å². The van der Waals surface area contributed by atoms with Gasteiger partial charge in [0.25, 0.3) is 0 Å². The summed E-state index contributed by atoms with van der Waals surface area (Å²) in [7, 11) is 0. The molecule has 1 aliphatic rings. The van der Waals surface area contributed by atoms with Crippen molar-refractivity contribution in [1.29, 1.82) is 0 Å². The fourth-order valence-electron chi connectivity index (χ4n) is 2.44. The average molecular weight is 363 g/mol. The third-order valence-electron chi connectivity index (χ3n) is 3.74. The molecule has 2 heterocycles. The molecule has 6 nitrogen and oxygen atoms in total. The first-order valence-corrected chi connectivity index (χ1v) is 7.31. The van der Waals surface area contributed by atoms with Crippen LogP contribution >= 0.6 is 24.8 Å². The van der Waals surface area contributed by atoms with Gasteiger partial charge in [-0.1, -0.05) is 6.07 Å². The molecule has 1 aromatic heterocycles. The normalized spacial score (nSPS) is 14.4. The largest absolute Gasteiger partial charge is 0.343 e. The highest BCUT2D eigenvalue weighted by Crippen LogP contribution is 2.19. The van der Waals surface area contributed by atoms with Crippen LogP contribution in [0.15, 0.2) is 18.3 Å². The molecule has 8 heteroatoms. The van der Waals surface area contributed by atoms with Crippen LogP contribution in [0.25, 0.3) is 0 Å². The standard InChI is InChI=1S/C15H22N4O2.2ClH/c1-11-2-3-13(17-10-11)18-15(21)12-5-8-19(9-6-12)14(20)4-7-16;;/h2-3,10,12H,4-9,16H2,1H3,(H,17,18,21);2*1H. The molecule has 0 aliphatic carbocycles. The number of nitrogens with one attached hydrogen (secondary N) is 1. The molecule has 2 rings (SSSR count). The van der Waals surface area contributed by atoms with Crippen molar-refractivity contribution < 1.29 is 9.59 Å². The highest BCUT2D eigenvalue weighted by atomic mass is 35.5. The summed E-state index contributed by atoms with van der Waals surface area (Å²) >= 11 is 0. The van der Waals surface area contributed by atoms with Gasteiger partial charge in [-0.15, -0.1) is 24.8 Å². The second kappa shape index (κ2) is 10.4. The zero-order valence-electron chi connectivity index (χ0n) is 13.2. The molecule has 130 valence electrons. The summed E-state index contributed by atoms with van der Waals surface area (Å²) in [6, 6.07) is 3.71. The Labute approximate surface area is 149 Å². The Morgan fingerprint density at radius 2 is 1.96 bits per heavy atom. The molecule has 1 saturated heterocycles. The molecule has 0 radical (unpaired) electrons. The molecule has 3 N–H and O–H groups in total. The third-order valence-corrected chi connectivity index (χ3v) is 3.74. The highest BCUT2D eigenvalue weighted by Gasteiger charge is 2.27. The van der Waals surface area contributed by atoms with Gasteiger partial charge in [0.1, 0.15) is 5.82 Å². The maximum absolute atomic E-state index is 12.2. The van der Waals surface area contributed by atoms with E-state index in [1.165, 1.54) is 0 Å². The van der Waals surface area contributed by atoms with Crippen molar-refractivity contribution in [3.05, 3.63) is 23.9 Å². The number of amides is 2. The van der Waals surface area contributed by atoms with Gasteiger partial charge >= 0.3 is 0 Å². The summed E-state index contributed by atoms with van der Waals surface area (Å²) in [6.07, 6.45) is 3.48. The average Bonchev–Trinajstić information content (AvgIpc) is 2.50. The topological polar surface area (TPSA) is 88.3 Å². The number of aryl methyl sites for hydroxylation is 1. The van der Waals surface area contributed by atoms with Gasteiger partial charge in [0, 0.05) is 38.2 Å². The molecule has 23 heavy (non-hydrogen) atoms. The van der Waals surface area contributed by atoms with Gasteiger partial charge in [-0.05, 0) is 31.4 Å². The summed E-state index contributed by atoms with van der Waals surface area (Å²) in [5.74, 6) is 0.580. The number of halogens is 2. The number of nitrogens with zero attached hydrogens (tertiary/aromatic N) is 2. The van der Waals surface area contributed by atoms with Crippen LogP contribution in [-0.2, 0) is 9.59 Å². The van der Waals surface area contributed by atoms with Crippen LogP contribution in [0.5, 0.6) is 0 Å². The van der Waals surface area contributed by atoms with Gasteiger partial charge in [0.05, 0.1) is 0 Å². The molecule has 1 fully saturated rings. The lowest BCUT2D eigenvalue weighted by molar-refractivity contribution is -0.134.